The molecule has 0 amide bonds. The molecule has 2 heterocycles. The SMILES string of the molecule is CCNC(c1cc(OC)ncn1)c1ccsc1C. The fourth-order valence-electron chi connectivity index (χ4n) is 1.90. The topological polar surface area (TPSA) is 47.0 Å². The Balaban J connectivity index is 2.38. The Labute approximate surface area is 111 Å². The molecule has 0 saturated heterocycles. The molecule has 2 aromatic rings. The molecule has 1 N–H and O–H groups in total. The summed E-state index contributed by atoms with van der Waals surface area (Å²) in [6.45, 7) is 5.10. The second-order valence-electron chi connectivity index (χ2n) is 3.91. The first-order chi connectivity index (χ1) is 8.76. The van der Waals surface area contributed by atoms with Gasteiger partial charge >= 0.3 is 0 Å². The van der Waals surface area contributed by atoms with Crippen LogP contribution in [0.25, 0.3) is 0 Å². The smallest absolute Gasteiger partial charge is 0.216 e. The first-order valence-electron chi connectivity index (χ1n) is 5.89. The van der Waals surface area contributed by atoms with Crippen molar-refractivity contribution in [3.05, 3.63) is 40.0 Å². The molecule has 2 rings (SSSR count). The zero-order valence-corrected chi connectivity index (χ0v) is 11.6. The predicted octanol–water partition coefficient (Wildman–Crippen LogP) is 2.55. The lowest BCUT2D eigenvalue weighted by atomic mass is 10.0. The summed E-state index contributed by atoms with van der Waals surface area (Å²) in [5.41, 5.74) is 2.20. The Bertz CT molecular complexity index is 512. The summed E-state index contributed by atoms with van der Waals surface area (Å²) in [5, 5.41) is 5.56. The lowest BCUT2D eigenvalue weighted by Gasteiger charge is -2.17. The van der Waals surface area contributed by atoms with Gasteiger partial charge in [-0.3, -0.25) is 0 Å². The van der Waals surface area contributed by atoms with Crippen LogP contribution in [0.4, 0.5) is 0 Å². The van der Waals surface area contributed by atoms with Crippen molar-refractivity contribution in [3.63, 3.8) is 0 Å². The van der Waals surface area contributed by atoms with Crippen molar-refractivity contribution in [1.29, 1.82) is 0 Å². The van der Waals surface area contributed by atoms with Crippen LogP contribution in [-0.4, -0.2) is 23.6 Å². The molecular weight excluding hydrogens is 246 g/mol. The van der Waals surface area contributed by atoms with Crippen LogP contribution in [0.3, 0.4) is 0 Å². The molecule has 5 heteroatoms. The van der Waals surface area contributed by atoms with Crippen LogP contribution in [0.15, 0.2) is 23.8 Å². The summed E-state index contributed by atoms with van der Waals surface area (Å²) in [5.74, 6) is 0.593. The van der Waals surface area contributed by atoms with E-state index in [-0.39, 0.29) is 6.04 Å². The summed E-state index contributed by atoms with van der Waals surface area (Å²) in [7, 11) is 1.62. The Hall–Kier alpha value is -1.46. The first kappa shape index (κ1) is 13.0. The summed E-state index contributed by atoms with van der Waals surface area (Å²) >= 11 is 1.75. The fourth-order valence-corrected chi connectivity index (χ4v) is 2.64. The molecule has 0 bridgehead atoms. The summed E-state index contributed by atoms with van der Waals surface area (Å²) in [6.07, 6.45) is 1.54. The molecule has 0 spiro atoms. The van der Waals surface area contributed by atoms with Gasteiger partial charge in [-0.25, -0.2) is 9.97 Å². The number of aromatic nitrogens is 2. The lowest BCUT2D eigenvalue weighted by molar-refractivity contribution is 0.395. The summed E-state index contributed by atoms with van der Waals surface area (Å²) in [4.78, 5) is 9.70. The molecule has 18 heavy (non-hydrogen) atoms. The Morgan fingerprint density at radius 3 is 2.89 bits per heavy atom. The van der Waals surface area contributed by atoms with Gasteiger partial charge in [0.1, 0.15) is 6.33 Å². The molecule has 1 unspecified atom stereocenters. The molecule has 0 radical (unpaired) electrons. The number of methoxy groups -OCH3 is 1. The maximum atomic E-state index is 5.15. The Morgan fingerprint density at radius 1 is 1.44 bits per heavy atom. The zero-order valence-electron chi connectivity index (χ0n) is 10.8. The number of thiophene rings is 1. The van der Waals surface area contributed by atoms with Crippen molar-refractivity contribution in [1.82, 2.24) is 15.3 Å². The van der Waals surface area contributed by atoms with Crippen molar-refractivity contribution in [2.75, 3.05) is 13.7 Å². The van der Waals surface area contributed by atoms with Crippen LogP contribution in [-0.2, 0) is 0 Å². The minimum absolute atomic E-state index is 0.0955. The van der Waals surface area contributed by atoms with Gasteiger partial charge in [0.2, 0.25) is 5.88 Å². The van der Waals surface area contributed by atoms with Gasteiger partial charge in [-0.05, 0) is 30.5 Å². The molecule has 2 aromatic heterocycles. The molecule has 0 aromatic carbocycles. The quantitative estimate of drug-likeness (QED) is 0.900. The molecule has 1 atom stereocenters. The van der Waals surface area contributed by atoms with E-state index in [9.17, 15) is 0 Å². The minimum Gasteiger partial charge on any atom is -0.481 e. The van der Waals surface area contributed by atoms with E-state index in [1.165, 1.54) is 10.4 Å². The highest BCUT2D eigenvalue weighted by Crippen LogP contribution is 2.27. The van der Waals surface area contributed by atoms with E-state index in [4.69, 9.17) is 4.74 Å². The van der Waals surface area contributed by atoms with Gasteiger partial charge in [-0.2, -0.15) is 0 Å². The second kappa shape index (κ2) is 5.93. The van der Waals surface area contributed by atoms with Crippen molar-refractivity contribution in [2.24, 2.45) is 0 Å². The maximum Gasteiger partial charge on any atom is 0.216 e. The van der Waals surface area contributed by atoms with E-state index < -0.39 is 0 Å². The molecule has 0 aliphatic carbocycles. The van der Waals surface area contributed by atoms with Gasteiger partial charge in [0.15, 0.2) is 0 Å². The highest BCUT2D eigenvalue weighted by Gasteiger charge is 2.18. The predicted molar refractivity (Wildman–Crippen MR) is 73.2 cm³/mol. The van der Waals surface area contributed by atoms with Gasteiger partial charge < -0.3 is 10.1 Å². The third kappa shape index (κ3) is 2.68. The van der Waals surface area contributed by atoms with Crippen LogP contribution in [0, 0.1) is 6.92 Å². The number of hydrogen-bond donors (Lipinski definition) is 1. The van der Waals surface area contributed by atoms with Crippen LogP contribution >= 0.6 is 11.3 Å². The number of aryl methyl sites for hydroxylation is 1. The number of ether oxygens (including phenoxy) is 1. The lowest BCUT2D eigenvalue weighted by Crippen LogP contribution is -2.23. The van der Waals surface area contributed by atoms with Crippen molar-refractivity contribution in [2.45, 2.75) is 19.9 Å². The number of hydrogen-bond acceptors (Lipinski definition) is 5. The largest absolute Gasteiger partial charge is 0.481 e. The van der Waals surface area contributed by atoms with Crippen molar-refractivity contribution < 1.29 is 4.74 Å². The normalized spacial score (nSPS) is 12.4. The molecule has 96 valence electrons. The van der Waals surface area contributed by atoms with Crippen molar-refractivity contribution in [3.8, 4) is 5.88 Å². The third-order valence-electron chi connectivity index (χ3n) is 2.79. The average molecular weight is 263 g/mol. The van der Waals surface area contributed by atoms with Gasteiger partial charge in [0.05, 0.1) is 18.8 Å². The molecule has 0 aliphatic heterocycles. The highest BCUT2D eigenvalue weighted by molar-refractivity contribution is 7.10. The van der Waals surface area contributed by atoms with E-state index in [2.05, 4.69) is 40.6 Å². The fraction of sp³-hybridized carbons (Fsp3) is 0.385. The van der Waals surface area contributed by atoms with Crippen LogP contribution < -0.4 is 10.1 Å². The highest BCUT2D eigenvalue weighted by atomic mass is 32.1. The number of nitrogens with zero attached hydrogens (tertiary/aromatic N) is 2. The van der Waals surface area contributed by atoms with E-state index >= 15 is 0 Å². The summed E-state index contributed by atoms with van der Waals surface area (Å²) < 4.78 is 5.15. The van der Waals surface area contributed by atoms with Gasteiger partial charge in [-0.1, -0.05) is 6.92 Å². The Morgan fingerprint density at radius 2 is 2.28 bits per heavy atom. The molecule has 4 nitrogen and oxygen atoms in total. The van der Waals surface area contributed by atoms with Crippen LogP contribution in [0.2, 0.25) is 0 Å². The molecular formula is C13H17N3OS. The van der Waals surface area contributed by atoms with E-state index in [0.29, 0.717) is 5.88 Å². The first-order valence-corrected chi connectivity index (χ1v) is 6.77. The standard InChI is InChI=1S/C13H17N3OS/c1-4-14-13(10-5-6-18-9(10)2)11-7-12(17-3)16-8-15-11/h5-8,13-14H,4H2,1-3H3. The molecule has 0 saturated carbocycles. The van der Waals surface area contributed by atoms with E-state index in [0.717, 1.165) is 12.2 Å². The third-order valence-corrected chi connectivity index (χ3v) is 3.65. The maximum absolute atomic E-state index is 5.15. The van der Waals surface area contributed by atoms with Crippen LogP contribution in [0.1, 0.15) is 29.1 Å². The number of rotatable bonds is 5. The molecule has 0 fully saturated rings. The second-order valence-corrected chi connectivity index (χ2v) is 5.03. The summed E-state index contributed by atoms with van der Waals surface area (Å²) in [6, 6.07) is 4.12. The van der Waals surface area contributed by atoms with Gasteiger partial charge in [0, 0.05) is 10.9 Å². The van der Waals surface area contributed by atoms with Crippen LogP contribution in [0.5, 0.6) is 5.88 Å². The van der Waals surface area contributed by atoms with E-state index in [1.807, 2.05) is 6.07 Å². The van der Waals surface area contributed by atoms with Crippen molar-refractivity contribution >= 4 is 11.3 Å². The van der Waals surface area contributed by atoms with E-state index in [1.54, 1.807) is 24.8 Å². The molecule has 0 aliphatic rings. The zero-order chi connectivity index (χ0) is 13.0. The number of nitrogens with one attached hydrogen (secondary N) is 1. The minimum atomic E-state index is 0.0955. The van der Waals surface area contributed by atoms with Gasteiger partial charge in [-0.15, -0.1) is 11.3 Å². The monoisotopic (exact) mass is 263 g/mol. The Kier molecular flexibility index (Phi) is 4.28. The average Bonchev–Trinajstić information content (AvgIpc) is 2.82. The van der Waals surface area contributed by atoms with Gasteiger partial charge in [0.25, 0.3) is 0 Å².